The van der Waals surface area contributed by atoms with Crippen LogP contribution in [0, 0.1) is 5.92 Å². The van der Waals surface area contributed by atoms with Gasteiger partial charge in [0.2, 0.25) is 0 Å². The predicted octanol–water partition coefficient (Wildman–Crippen LogP) is 6.00. The molecule has 1 heteroatoms. The third kappa shape index (κ3) is 3.27. The summed E-state index contributed by atoms with van der Waals surface area (Å²) in [5.74, 6) is 0.646. The molecule has 3 aromatic carbocycles. The Balaban J connectivity index is 1.86. The molecule has 0 amide bonds. The fraction of sp³-hybridized carbons (Fsp3) is 0.200. The van der Waals surface area contributed by atoms with Gasteiger partial charge in [0, 0.05) is 5.66 Å². The van der Waals surface area contributed by atoms with E-state index in [1.807, 2.05) is 0 Å². The van der Waals surface area contributed by atoms with Crippen LogP contribution in [-0.4, -0.2) is 5.66 Å². The van der Waals surface area contributed by atoms with Gasteiger partial charge in [-0.05, 0) is 48.9 Å². The predicted molar refractivity (Wildman–Crippen MR) is 116 cm³/mol. The Bertz CT molecular complexity index is 842. The van der Waals surface area contributed by atoms with Crippen molar-refractivity contribution in [2.24, 2.45) is 5.92 Å². The Labute approximate surface area is 158 Å². The summed E-state index contributed by atoms with van der Waals surface area (Å²) in [7, 11) is -0.426. The lowest BCUT2D eigenvalue weighted by molar-refractivity contribution is 0.675. The summed E-state index contributed by atoms with van der Waals surface area (Å²) in [5, 5.41) is 2.96. The van der Waals surface area contributed by atoms with E-state index in [1.165, 1.54) is 22.6 Å². The van der Waals surface area contributed by atoms with Crippen molar-refractivity contribution < 1.29 is 0 Å². The summed E-state index contributed by atoms with van der Waals surface area (Å²) in [5.41, 5.74) is 5.13. The van der Waals surface area contributed by atoms with Crippen LogP contribution in [0.1, 0.15) is 25.8 Å². The maximum Gasteiger partial charge on any atom is 0.0133 e. The SMILES string of the molecule is CC1=C(c2ccccc2)[C@@H](P(c2ccccc2)c2ccccc2)C[C@H]1C. The van der Waals surface area contributed by atoms with E-state index in [0.29, 0.717) is 11.6 Å². The first-order valence-electron chi connectivity index (χ1n) is 9.41. The fourth-order valence-corrected chi connectivity index (χ4v) is 7.26. The van der Waals surface area contributed by atoms with Gasteiger partial charge in [0.1, 0.15) is 0 Å². The van der Waals surface area contributed by atoms with Gasteiger partial charge in [0.15, 0.2) is 0 Å². The van der Waals surface area contributed by atoms with Crippen LogP contribution >= 0.6 is 7.92 Å². The van der Waals surface area contributed by atoms with E-state index >= 15 is 0 Å². The summed E-state index contributed by atoms with van der Waals surface area (Å²) in [6.07, 6.45) is 1.24. The van der Waals surface area contributed by atoms with Crippen molar-refractivity contribution in [1.29, 1.82) is 0 Å². The summed E-state index contributed by atoms with van der Waals surface area (Å²) in [6.45, 7) is 4.73. The van der Waals surface area contributed by atoms with Gasteiger partial charge in [-0.25, -0.2) is 0 Å². The van der Waals surface area contributed by atoms with Crippen LogP contribution < -0.4 is 10.6 Å². The summed E-state index contributed by atoms with van der Waals surface area (Å²) in [6, 6.07) is 33.3. The molecule has 0 aliphatic heterocycles. The van der Waals surface area contributed by atoms with Gasteiger partial charge in [-0.2, -0.15) is 0 Å². The fourth-order valence-electron chi connectivity index (χ4n) is 4.12. The van der Waals surface area contributed by atoms with E-state index < -0.39 is 7.92 Å². The van der Waals surface area contributed by atoms with Crippen molar-refractivity contribution in [2.45, 2.75) is 25.9 Å². The molecule has 3 aromatic rings. The van der Waals surface area contributed by atoms with Gasteiger partial charge in [0.25, 0.3) is 0 Å². The van der Waals surface area contributed by atoms with Gasteiger partial charge in [-0.1, -0.05) is 103 Å². The zero-order valence-electron chi connectivity index (χ0n) is 15.5. The van der Waals surface area contributed by atoms with Crippen molar-refractivity contribution in [3.8, 4) is 0 Å². The minimum absolute atomic E-state index is 0.426. The Kier molecular flexibility index (Phi) is 5.05. The zero-order chi connectivity index (χ0) is 17.9. The van der Waals surface area contributed by atoms with Crippen molar-refractivity contribution in [3.63, 3.8) is 0 Å². The Morgan fingerprint density at radius 2 is 1.15 bits per heavy atom. The number of rotatable bonds is 4. The second-order valence-electron chi connectivity index (χ2n) is 7.16. The second-order valence-corrected chi connectivity index (χ2v) is 9.55. The Morgan fingerprint density at radius 1 is 0.692 bits per heavy atom. The largest absolute Gasteiger partial charge is 0.0660 e. The average Bonchev–Trinajstić information content (AvgIpc) is 2.99. The first-order chi connectivity index (χ1) is 12.8. The third-order valence-corrected chi connectivity index (χ3v) is 8.34. The molecule has 0 N–H and O–H groups in total. The highest BCUT2D eigenvalue weighted by molar-refractivity contribution is 7.74. The molecule has 0 aromatic heterocycles. The average molecular weight is 356 g/mol. The van der Waals surface area contributed by atoms with E-state index in [0.717, 1.165) is 0 Å². The van der Waals surface area contributed by atoms with E-state index in [-0.39, 0.29) is 0 Å². The van der Waals surface area contributed by atoms with Crippen LogP contribution in [0.25, 0.3) is 5.57 Å². The molecule has 0 saturated carbocycles. The molecule has 0 nitrogen and oxygen atoms in total. The van der Waals surface area contributed by atoms with Gasteiger partial charge in [-0.15, -0.1) is 0 Å². The molecule has 0 fully saturated rings. The van der Waals surface area contributed by atoms with Gasteiger partial charge in [0.05, 0.1) is 0 Å². The van der Waals surface area contributed by atoms with Crippen LogP contribution in [0.3, 0.4) is 0 Å². The van der Waals surface area contributed by atoms with Crippen LogP contribution in [-0.2, 0) is 0 Å². The highest BCUT2D eigenvalue weighted by Gasteiger charge is 2.36. The van der Waals surface area contributed by atoms with Crippen LogP contribution in [0.2, 0.25) is 0 Å². The summed E-state index contributed by atoms with van der Waals surface area (Å²) >= 11 is 0. The second kappa shape index (κ2) is 7.60. The van der Waals surface area contributed by atoms with E-state index in [4.69, 9.17) is 0 Å². The topological polar surface area (TPSA) is 0 Å². The molecule has 0 unspecified atom stereocenters. The van der Waals surface area contributed by atoms with Crippen molar-refractivity contribution in [1.82, 2.24) is 0 Å². The highest BCUT2D eigenvalue weighted by Crippen LogP contribution is 2.54. The molecular weight excluding hydrogens is 331 g/mol. The van der Waals surface area contributed by atoms with Crippen molar-refractivity contribution >= 4 is 24.1 Å². The third-order valence-electron chi connectivity index (χ3n) is 5.54. The molecule has 4 rings (SSSR count). The highest BCUT2D eigenvalue weighted by atomic mass is 31.1. The van der Waals surface area contributed by atoms with Crippen molar-refractivity contribution in [3.05, 3.63) is 102 Å². The molecule has 26 heavy (non-hydrogen) atoms. The van der Waals surface area contributed by atoms with Crippen LogP contribution in [0.5, 0.6) is 0 Å². The van der Waals surface area contributed by atoms with Gasteiger partial charge >= 0.3 is 0 Å². The molecule has 0 bridgehead atoms. The lowest BCUT2D eigenvalue weighted by Gasteiger charge is -2.28. The first-order valence-corrected chi connectivity index (χ1v) is 10.8. The maximum atomic E-state index is 2.39. The number of benzene rings is 3. The maximum absolute atomic E-state index is 2.39. The Morgan fingerprint density at radius 3 is 1.65 bits per heavy atom. The van der Waals surface area contributed by atoms with Crippen LogP contribution in [0.15, 0.2) is 96.6 Å². The minimum Gasteiger partial charge on any atom is -0.0660 e. The minimum atomic E-state index is -0.426. The molecule has 1 aliphatic carbocycles. The summed E-state index contributed by atoms with van der Waals surface area (Å²) < 4.78 is 0. The molecule has 1 aliphatic rings. The van der Waals surface area contributed by atoms with Gasteiger partial charge < -0.3 is 0 Å². The lowest BCUT2D eigenvalue weighted by atomic mass is 10.0. The molecule has 0 radical (unpaired) electrons. The molecule has 130 valence electrons. The van der Waals surface area contributed by atoms with Gasteiger partial charge in [-0.3, -0.25) is 0 Å². The first kappa shape index (κ1) is 17.3. The quantitative estimate of drug-likeness (QED) is 0.503. The molecule has 0 saturated heterocycles. The smallest absolute Gasteiger partial charge is 0.0133 e. The summed E-state index contributed by atoms with van der Waals surface area (Å²) in [4.78, 5) is 0. The van der Waals surface area contributed by atoms with Crippen molar-refractivity contribution in [2.75, 3.05) is 0 Å². The van der Waals surface area contributed by atoms with E-state index in [9.17, 15) is 0 Å². The Hall–Kier alpha value is -2.17. The van der Waals surface area contributed by atoms with E-state index in [2.05, 4.69) is 105 Å². The number of hydrogen-bond acceptors (Lipinski definition) is 0. The van der Waals surface area contributed by atoms with E-state index in [1.54, 1.807) is 11.1 Å². The zero-order valence-corrected chi connectivity index (χ0v) is 16.4. The number of hydrogen-bond donors (Lipinski definition) is 0. The molecule has 0 spiro atoms. The molecular formula is C25H25P. The molecule has 2 atom stereocenters. The van der Waals surface area contributed by atoms with Crippen LogP contribution in [0.4, 0.5) is 0 Å². The standard InChI is InChI=1S/C25H25P/c1-19-18-24(25(20(19)2)21-12-6-3-7-13-21)26(22-14-8-4-9-15-22)23-16-10-5-11-17-23/h3-17,19,24H,18H2,1-2H3/t19-,24+/m1/s1. The normalized spacial score (nSPS) is 20.0. The molecule has 0 heterocycles. The lowest BCUT2D eigenvalue weighted by Crippen LogP contribution is -2.21. The number of allylic oxidation sites excluding steroid dienone is 2. The monoisotopic (exact) mass is 356 g/mol.